The number of nitrogens with one attached hydrogen (secondary N) is 1. The van der Waals surface area contributed by atoms with Crippen molar-refractivity contribution < 1.29 is 23.9 Å². The number of hydrogen-bond acceptors (Lipinski definition) is 6. The number of primary amides is 1. The van der Waals surface area contributed by atoms with Crippen molar-refractivity contribution in [3.63, 3.8) is 0 Å². The number of hydrogen-bond donors (Lipinski definition) is 2. The normalized spacial score (nSPS) is 19.7. The van der Waals surface area contributed by atoms with Crippen LogP contribution in [-0.2, 0) is 19.1 Å². The van der Waals surface area contributed by atoms with Crippen LogP contribution in [0.25, 0.3) is 0 Å². The predicted molar refractivity (Wildman–Crippen MR) is 77.8 cm³/mol. The fourth-order valence-corrected chi connectivity index (χ4v) is 2.48. The van der Waals surface area contributed by atoms with Gasteiger partial charge in [-0.25, -0.2) is 9.59 Å². The zero-order valence-electron chi connectivity index (χ0n) is 12.2. The molecule has 1 saturated heterocycles. The van der Waals surface area contributed by atoms with Gasteiger partial charge < -0.3 is 25.4 Å². The smallest absolute Gasteiger partial charge is 0.336 e. The van der Waals surface area contributed by atoms with Crippen LogP contribution in [0.15, 0.2) is 0 Å². The van der Waals surface area contributed by atoms with Gasteiger partial charge in [-0.3, -0.25) is 4.79 Å². The Bertz CT molecular complexity index is 393. The second-order valence-corrected chi connectivity index (χ2v) is 5.50. The fraction of sp³-hybridized carbons (Fsp3) is 0.750. The second-order valence-electron chi connectivity index (χ2n) is 4.51. The van der Waals surface area contributed by atoms with Crippen LogP contribution < -0.4 is 11.1 Å². The highest BCUT2D eigenvalue weighted by Gasteiger charge is 2.33. The van der Waals surface area contributed by atoms with E-state index in [-0.39, 0.29) is 19.1 Å². The van der Waals surface area contributed by atoms with Crippen LogP contribution in [0.1, 0.15) is 6.42 Å². The molecule has 0 bridgehead atoms. The molecule has 0 aromatic heterocycles. The standard InChI is InChI=1S/C12H21N3O5S/c1-19-11(17)9-7-15(4-5-20-9)10(16)8(3-6-21-2)14-12(13)18/h8-9H,3-7H2,1-2H3,(H3,13,14,18). The Morgan fingerprint density at radius 2 is 2.24 bits per heavy atom. The quantitative estimate of drug-likeness (QED) is 0.619. The van der Waals surface area contributed by atoms with Crippen molar-refractivity contribution in [2.75, 3.05) is 38.8 Å². The summed E-state index contributed by atoms with van der Waals surface area (Å²) in [6.07, 6.45) is 1.60. The molecule has 1 aliphatic heterocycles. The van der Waals surface area contributed by atoms with Crippen LogP contribution in [0.2, 0.25) is 0 Å². The van der Waals surface area contributed by atoms with Crippen molar-refractivity contribution in [3.05, 3.63) is 0 Å². The number of ether oxygens (including phenoxy) is 2. The minimum absolute atomic E-state index is 0.113. The number of nitrogens with zero attached hydrogens (tertiary/aromatic N) is 1. The molecule has 2 atom stereocenters. The number of carbonyl (C=O) groups excluding carboxylic acids is 3. The molecule has 21 heavy (non-hydrogen) atoms. The number of carbonyl (C=O) groups is 3. The fourth-order valence-electron chi connectivity index (χ4n) is 2.01. The summed E-state index contributed by atoms with van der Waals surface area (Å²) >= 11 is 1.57. The van der Waals surface area contributed by atoms with E-state index in [1.165, 1.54) is 12.0 Å². The molecule has 1 heterocycles. The lowest BCUT2D eigenvalue weighted by Gasteiger charge is -2.33. The Morgan fingerprint density at radius 1 is 1.52 bits per heavy atom. The van der Waals surface area contributed by atoms with Crippen LogP contribution >= 0.6 is 11.8 Å². The zero-order chi connectivity index (χ0) is 15.8. The van der Waals surface area contributed by atoms with Crippen molar-refractivity contribution in [2.45, 2.75) is 18.6 Å². The summed E-state index contributed by atoms with van der Waals surface area (Å²) in [5, 5.41) is 2.45. The maximum absolute atomic E-state index is 12.4. The third-order valence-corrected chi connectivity index (χ3v) is 3.71. The van der Waals surface area contributed by atoms with Gasteiger partial charge in [-0.1, -0.05) is 0 Å². The van der Waals surface area contributed by atoms with Gasteiger partial charge in [0.1, 0.15) is 6.04 Å². The zero-order valence-corrected chi connectivity index (χ0v) is 13.0. The van der Waals surface area contributed by atoms with Gasteiger partial charge in [0.25, 0.3) is 0 Å². The third-order valence-electron chi connectivity index (χ3n) is 3.07. The van der Waals surface area contributed by atoms with Crippen molar-refractivity contribution >= 4 is 29.7 Å². The van der Waals surface area contributed by atoms with E-state index in [2.05, 4.69) is 10.1 Å². The molecule has 0 aromatic carbocycles. The monoisotopic (exact) mass is 319 g/mol. The summed E-state index contributed by atoms with van der Waals surface area (Å²) in [5.74, 6) is -0.0716. The van der Waals surface area contributed by atoms with Crippen molar-refractivity contribution in [1.29, 1.82) is 0 Å². The Kier molecular flexibility index (Phi) is 7.30. The van der Waals surface area contributed by atoms with Crippen LogP contribution in [0.3, 0.4) is 0 Å². The van der Waals surface area contributed by atoms with E-state index >= 15 is 0 Å². The lowest BCUT2D eigenvalue weighted by molar-refractivity contribution is -0.163. The Balaban J connectivity index is 2.68. The topological polar surface area (TPSA) is 111 Å². The minimum atomic E-state index is -0.789. The summed E-state index contributed by atoms with van der Waals surface area (Å²) < 4.78 is 9.88. The van der Waals surface area contributed by atoms with Gasteiger partial charge in [0, 0.05) is 6.54 Å². The second kappa shape index (κ2) is 8.73. The molecule has 120 valence electrons. The first-order valence-corrected chi connectivity index (χ1v) is 7.92. The number of thioether (sulfide) groups is 1. The number of urea groups is 1. The molecule has 0 aromatic rings. The Morgan fingerprint density at radius 3 is 2.81 bits per heavy atom. The molecule has 9 heteroatoms. The summed E-state index contributed by atoms with van der Waals surface area (Å²) in [4.78, 5) is 36.4. The van der Waals surface area contributed by atoms with Gasteiger partial charge in [-0.15, -0.1) is 0 Å². The van der Waals surface area contributed by atoms with Crippen molar-refractivity contribution in [1.82, 2.24) is 10.2 Å². The molecule has 0 saturated carbocycles. The van der Waals surface area contributed by atoms with Gasteiger partial charge in [0.2, 0.25) is 5.91 Å². The van der Waals surface area contributed by atoms with E-state index in [0.717, 1.165) is 0 Å². The summed E-state index contributed by atoms with van der Waals surface area (Å²) in [6, 6.07) is -1.43. The molecule has 1 aliphatic rings. The van der Waals surface area contributed by atoms with Gasteiger partial charge in [0.05, 0.1) is 20.3 Å². The highest BCUT2D eigenvalue weighted by Crippen LogP contribution is 2.11. The maximum Gasteiger partial charge on any atom is 0.336 e. The van der Waals surface area contributed by atoms with E-state index in [9.17, 15) is 14.4 Å². The Hall–Kier alpha value is -1.48. The Labute approximate surface area is 127 Å². The molecular formula is C12H21N3O5S. The molecule has 2 unspecified atom stereocenters. The van der Waals surface area contributed by atoms with Gasteiger partial charge in [-0.2, -0.15) is 11.8 Å². The molecule has 3 N–H and O–H groups in total. The first-order valence-electron chi connectivity index (χ1n) is 6.52. The first kappa shape index (κ1) is 17.6. The molecule has 0 radical (unpaired) electrons. The number of methoxy groups -OCH3 is 1. The van der Waals surface area contributed by atoms with Gasteiger partial charge >= 0.3 is 12.0 Å². The van der Waals surface area contributed by atoms with Crippen LogP contribution in [-0.4, -0.2) is 73.8 Å². The van der Waals surface area contributed by atoms with Crippen LogP contribution in [0.4, 0.5) is 4.79 Å². The van der Waals surface area contributed by atoms with E-state index in [4.69, 9.17) is 10.5 Å². The highest BCUT2D eigenvalue weighted by atomic mass is 32.2. The number of esters is 1. The number of rotatable bonds is 6. The van der Waals surface area contributed by atoms with Crippen LogP contribution in [0.5, 0.6) is 0 Å². The summed E-state index contributed by atoms with van der Waals surface area (Å²) in [7, 11) is 1.27. The molecular weight excluding hydrogens is 298 g/mol. The van der Waals surface area contributed by atoms with Crippen molar-refractivity contribution in [3.8, 4) is 0 Å². The average Bonchev–Trinajstić information content (AvgIpc) is 2.49. The van der Waals surface area contributed by atoms with Gasteiger partial charge in [0.15, 0.2) is 6.10 Å². The van der Waals surface area contributed by atoms with E-state index in [1.54, 1.807) is 11.8 Å². The molecule has 0 aliphatic carbocycles. The lowest BCUT2D eigenvalue weighted by atomic mass is 10.1. The molecule has 3 amide bonds. The minimum Gasteiger partial charge on any atom is -0.467 e. The molecule has 1 rings (SSSR count). The van der Waals surface area contributed by atoms with Gasteiger partial charge in [-0.05, 0) is 18.4 Å². The largest absolute Gasteiger partial charge is 0.467 e. The van der Waals surface area contributed by atoms with E-state index in [1.807, 2.05) is 6.26 Å². The lowest BCUT2D eigenvalue weighted by Crippen LogP contribution is -2.56. The third kappa shape index (κ3) is 5.43. The van der Waals surface area contributed by atoms with E-state index < -0.39 is 24.1 Å². The number of morpholine rings is 1. The summed E-state index contributed by atoms with van der Waals surface area (Å²) in [6.45, 7) is 0.724. The average molecular weight is 319 g/mol. The SMILES string of the molecule is COC(=O)C1CN(C(=O)C(CCSC)NC(N)=O)CCO1. The predicted octanol–water partition coefficient (Wildman–Crippen LogP) is -0.823. The molecule has 0 spiro atoms. The maximum atomic E-state index is 12.4. The van der Waals surface area contributed by atoms with Crippen molar-refractivity contribution in [2.24, 2.45) is 5.73 Å². The summed E-state index contributed by atoms with van der Waals surface area (Å²) in [5.41, 5.74) is 5.10. The number of amides is 3. The van der Waals surface area contributed by atoms with Crippen LogP contribution in [0, 0.1) is 0 Å². The van der Waals surface area contributed by atoms with E-state index in [0.29, 0.717) is 18.7 Å². The molecule has 8 nitrogen and oxygen atoms in total. The highest BCUT2D eigenvalue weighted by molar-refractivity contribution is 7.98. The molecule has 1 fully saturated rings. The first-order chi connectivity index (χ1) is 9.99. The number of nitrogens with two attached hydrogens (primary N) is 1.